The van der Waals surface area contributed by atoms with Gasteiger partial charge in [-0.15, -0.1) is 0 Å². The summed E-state index contributed by atoms with van der Waals surface area (Å²) in [5, 5.41) is 63.9. The smallest absolute Gasteiger partial charge is 0.220 e. The number of carbonyl (C=O) groups excluding carboxylic acids is 1. The molecule has 10 nitrogen and oxygen atoms in total. The number of unbranched alkanes of at least 4 members (excludes halogenated alkanes) is 18. The van der Waals surface area contributed by atoms with Crippen molar-refractivity contribution < 1.29 is 44.9 Å². The van der Waals surface area contributed by atoms with Gasteiger partial charge in [-0.05, 0) is 12.8 Å². The lowest BCUT2D eigenvalue weighted by atomic mass is 9.99. The first kappa shape index (κ1) is 42.2. The first-order valence-corrected chi connectivity index (χ1v) is 18.3. The second-order valence-corrected chi connectivity index (χ2v) is 13.2. The Hall–Kier alpha value is -0.850. The standard InChI is InChI=1S/C35H69NO9/c1-3-5-7-8-9-10-11-12-13-14-15-16-17-18-19-20-22-24-30(39)36-27(31(40)28(38)23-21-6-4-2)26-44-35-34(43)33(42)32(41)29(25-37)45-35/h27-29,31-35,37-38,40-43H,3-26H2,1-2H3,(H,36,39)/t27-,28+,29+,31-,32-,33-,34+,35-/m0/s1. The summed E-state index contributed by atoms with van der Waals surface area (Å²) >= 11 is 0. The fraction of sp³-hybridized carbons (Fsp3) is 0.971. The lowest BCUT2D eigenvalue weighted by molar-refractivity contribution is -0.303. The highest BCUT2D eigenvalue weighted by molar-refractivity contribution is 5.76. The highest BCUT2D eigenvalue weighted by Gasteiger charge is 2.44. The monoisotopic (exact) mass is 647 g/mol. The van der Waals surface area contributed by atoms with Crippen LogP contribution in [0.15, 0.2) is 0 Å². The Balaban J connectivity index is 2.32. The molecule has 0 aliphatic carbocycles. The van der Waals surface area contributed by atoms with Crippen LogP contribution in [0.1, 0.15) is 155 Å². The Morgan fingerprint density at radius 1 is 0.689 bits per heavy atom. The second-order valence-electron chi connectivity index (χ2n) is 13.2. The molecule has 1 heterocycles. The van der Waals surface area contributed by atoms with Crippen LogP contribution in [-0.2, 0) is 14.3 Å². The van der Waals surface area contributed by atoms with Crippen molar-refractivity contribution in [3.63, 3.8) is 0 Å². The van der Waals surface area contributed by atoms with E-state index >= 15 is 0 Å². The van der Waals surface area contributed by atoms with Gasteiger partial charge in [-0.25, -0.2) is 0 Å². The second kappa shape index (κ2) is 27.1. The number of aliphatic hydroxyl groups excluding tert-OH is 6. The van der Waals surface area contributed by atoms with Crippen molar-refractivity contribution >= 4 is 5.91 Å². The van der Waals surface area contributed by atoms with Crippen LogP contribution < -0.4 is 5.32 Å². The molecule has 0 aromatic rings. The molecule has 10 heteroatoms. The van der Waals surface area contributed by atoms with Gasteiger partial charge in [0.15, 0.2) is 6.29 Å². The van der Waals surface area contributed by atoms with E-state index in [2.05, 4.69) is 12.2 Å². The summed E-state index contributed by atoms with van der Waals surface area (Å²) in [6.07, 6.45) is 15.0. The summed E-state index contributed by atoms with van der Waals surface area (Å²) in [5.41, 5.74) is 0. The van der Waals surface area contributed by atoms with Crippen molar-refractivity contribution in [2.45, 2.75) is 204 Å². The first-order chi connectivity index (χ1) is 21.8. The average molecular weight is 648 g/mol. The summed E-state index contributed by atoms with van der Waals surface area (Å²) in [7, 11) is 0. The molecule has 0 aromatic heterocycles. The number of ether oxygens (including phenoxy) is 2. The molecule has 0 aromatic carbocycles. The zero-order valence-corrected chi connectivity index (χ0v) is 28.5. The van der Waals surface area contributed by atoms with Gasteiger partial charge in [0.2, 0.25) is 5.91 Å². The number of aliphatic hydroxyl groups is 6. The van der Waals surface area contributed by atoms with Gasteiger partial charge in [0.25, 0.3) is 0 Å². The van der Waals surface area contributed by atoms with Crippen molar-refractivity contribution in [1.82, 2.24) is 5.32 Å². The van der Waals surface area contributed by atoms with Crippen LogP contribution in [0, 0.1) is 0 Å². The van der Waals surface area contributed by atoms with Gasteiger partial charge in [-0.3, -0.25) is 4.79 Å². The Morgan fingerprint density at radius 3 is 1.64 bits per heavy atom. The number of rotatable bonds is 29. The Morgan fingerprint density at radius 2 is 1.16 bits per heavy atom. The largest absolute Gasteiger partial charge is 0.394 e. The van der Waals surface area contributed by atoms with Gasteiger partial charge < -0.3 is 45.4 Å². The van der Waals surface area contributed by atoms with Gasteiger partial charge in [0.05, 0.1) is 25.4 Å². The third kappa shape index (κ3) is 18.9. The van der Waals surface area contributed by atoms with Gasteiger partial charge >= 0.3 is 0 Å². The molecule has 45 heavy (non-hydrogen) atoms. The molecule has 1 fully saturated rings. The maximum Gasteiger partial charge on any atom is 0.220 e. The fourth-order valence-electron chi connectivity index (χ4n) is 5.96. The minimum atomic E-state index is -1.60. The molecule has 268 valence electrons. The Kier molecular flexibility index (Phi) is 25.4. The van der Waals surface area contributed by atoms with Crippen molar-refractivity contribution in [2.75, 3.05) is 13.2 Å². The van der Waals surface area contributed by atoms with Gasteiger partial charge in [0.1, 0.15) is 30.5 Å². The van der Waals surface area contributed by atoms with Crippen LogP contribution in [0.2, 0.25) is 0 Å². The van der Waals surface area contributed by atoms with E-state index in [0.717, 1.165) is 44.9 Å². The van der Waals surface area contributed by atoms with E-state index < -0.39 is 55.6 Å². The minimum Gasteiger partial charge on any atom is -0.394 e. The first-order valence-electron chi connectivity index (χ1n) is 18.3. The van der Waals surface area contributed by atoms with Gasteiger partial charge in [-0.2, -0.15) is 0 Å². The molecule has 1 saturated heterocycles. The molecule has 8 atom stereocenters. The maximum atomic E-state index is 12.8. The van der Waals surface area contributed by atoms with Gasteiger partial charge in [-0.1, -0.05) is 136 Å². The highest BCUT2D eigenvalue weighted by Crippen LogP contribution is 2.23. The van der Waals surface area contributed by atoms with Crippen LogP contribution in [0.5, 0.6) is 0 Å². The van der Waals surface area contributed by atoms with Crippen molar-refractivity contribution in [3.05, 3.63) is 0 Å². The molecular weight excluding hydrogens is 578 g/mol. The van der Waals surface area contributed by atoms with Crippen molar-refractivity contribution in [1.29, 1.82) is 0 Å². The predicted octanol–water partition coefficient (Wildman–Crippen LogP) is 4.63. The Labute approximate surface area is 273 Å². The van der Waals surface area contributed by atoms with Gasteiger partial charge in [0, 0.05) is 6.42 Å². The number of hydrogen-bond donors (Lipinski definition) is 7. The third-order valence-corrected chi connectivity index (χ3v) is 9.05. The quantitative estimate of drug-likeness (QED) is 0.0572. The van der Waals surface area contributed by atoms with E-state index in [1.807, 2.05) is 6.92 Å². The maximum absolute atomic E-state index is 12.8. The predicted molar refractivity (Wildman–Crippen MR) is 177 cm³/mol. The summed E-state index contributed by atoms with van der Waals surface area (Å²) in [6.45, 7) is 3.40. The van der Waals surface area contributed by atoms with Crippen LogP contribution >= 0.6 is 0 Å². The molecule has 1 aliphatic rings. The number of carbonyl (C=O) groups is 1. The summed E-state index contributed by atoms with van der Waals surface area (Å²) in [6, 6.07) is -0.979. The zero-order chi connectivity index (χ0) is 33.3. The van der Waals surface area contributed by atoms with Crippen LogP contribution in [0.3, 0.4) is 0 Å². The zero-order valence-electron chi connectivity index (χ0n) is 28.5. The van der Waals surface area contributed by atoms with E-state index in [1.165, 1.54) is 83.5 Å². The van der Waals surface area contributed by atoms with E-state index in [4.69, 9.17) is 9.47 Å². The topological polar surface area (TPSA) is 169 Å². The minimum absolute atomic E-state index is 0.266. The molecule has 1 aliphatic heterocycles. The molecule has 1 amide bonds. The molecule has 7 N–H and O–H groups in total. The fourth-order valence-corrected chi connectivity index (χ4v) is 5.96. The lowest BCUT2D eigenvalue weighted by Gasteiger charge is -2.40. The van der Waals surface area contributed by atoms with Crippen LogP contribution in [-0.4, -0.2) is 98.7 Å². The SMILES string of the molecule is CCCCCCCCCCCCCCCCCCCC(=O)N[C@@H](CO[C@H]1O[C@H](CO)[C@H](O)[C@H](O)[C@H]1O)[C@H](O)[C@H](O)CCCCC. The van der Waals surface area contributed by atoms with Crippen LogP contribution in [0.4, 0.5) is 0 Å². The molecule has 0 saturated carbocycles. The van der Waals surface area contributed by atoms with Crippen molar-refractivity contribution in [3.8, 4) is 0 Å². The van der Waals surface area contributed by atoms with E-state index in [0.29, 0.717) is 6.42 Å². The average Bonchev–Trinajstić information content (AvgIpc) is 3.03. The normalized spacial score (nSPS) is 24.0. The molecular formula is C35H69NO9. The molecule has 0 spiro atoms. The van der Waals surface area contributed by atoms with E-state index in [-0.39, 0.29) is 18.9 Å². The molecule has 0 bridgehead atoms. The number of hydrogen-bond acceptors (Lipinski definition) is 9. The molecule has 1 rings (SSSR count). The number of nitrogens with one attached hydrogen (secondary N) is 1. The summed E-state index contributed by atoms with van der Waals surface area (Å²) in [4.78, 5) is 12.8. The van der Waals surface area contributed by atoms with Crippen LogP contribution in [0.25, 0.3) is 0 Å². The highest BCUT2D eigenvalue weighted by atomic mass is 16.7. The third-order valence-electron chi connectivity index (χ3n) is 9.05. The van der Waals surface area contributed by atoms with E-state index in [1.54, 1.807) is 0 Å². The van der Waals surface area contributed by atoms with E-state index in [9.17, 15) is 35.4 Å². The molecule has 0 radical (unpaired) electrons. The summed E-state index contributed by atoms with van der Waals surface area (Å²) < 4.78 is 11.0. The summed E-state index contributed by atoms with van der Waals surface area (Å²) in [5.74, 6) is -0.266. The van der Waals surface area contributed by atoms with Crippen molar-refractivity contribution in [2.24, 2.45) is 0 Å². The number of amides is 1. The molecule has 0 unspecified atom stereocenters. The Bertz CT molecular complexity index is 698. The lowest BCUT2D eigenvalue weighted by Crippen LogP contribution is -2.60.